The highest BCUT2D eigenvalue weighted by atomic mass is 16.6. The molecule has 0 radical (unpaired) electrons. The Morgan fingerprint density at radius 3 is 1.49 bits per heavy atom. The first-order valence-electron chi connectivity index (χ1n) is 15.5. The largest absolute Gasteiger partial charge is 0.461 e. The Bertz CT molecular complexity index is 1400. The predicted molar refractivity (Wildman–Crippen MR) is 171 cm³/mol. The Hall–Kier alpha value is -3.85. The molecule has 1 unspecified atom stereocenters. The fourth-order valence-electron chi connectivity index (χ4n) is 5.55. The SMILES string of the molecule is C[C@@H]1O[C@@H](CC(O)CC(=O)OCc2ccccc2)[C@@H](OCc2ccccc2)[C@H](OCc2ccccc2)[C@@H]1OCc1ccccc1. The standard InChI is InChI=1S/C38H42O7/c1-28-36(42-25-30-16-8-3-9-17-30)38(44-27-32-20-12-5-13-21-32)37(43-26-31-18-10-4-11-19-31)34(45-28)22-33(39)23-35(40)41-24-29-14-6-2-7-15-29/h2-21,28,33-34,36-39H,22-27H2,1H3/t28-,33?,34-,36+,37+,38+/m0/s1. The van der Waals surface area contributed by atoms with Crippen LogP contribution in [0.4, 0.5) is 0 Å². The summed E-state index contributed by atoms with van der Waals surface area (Å²) in [7, 11) is 0. The molecule has 0 spiro atoms. The number of benzene rings is 4. The Morgan fingerprint density at radius 1 is 0.622 bits per heavy atom. The molecule has 6 atom stereocenters. The van der Waals surface area contributed by atoms with Gasteiger partial charge in [-0.25, -0.2) is 0 Å². The van der Waals surface area contributed by atoms with Crippen LogP contribution in [0.15, 0.2) is 121 Å². The highest BCUT2D eigenvalue weighted by molar-refractivity contribution is 5.69. The van der Waals surface area contributed by atoms with Crippen molar-refractivity contribution in [1.29, 1.82) is 0 Å². The van der Waals surface area contributed by atoms with Gasteiger partial charge in [-0.15, -0.1) is 0 Å². The maximum atomic E-state index is 12.6. The number of aliphatic hydroxyl groups is 1. The lowest BCUT2D eigenvalue weighted by Gasteiger charge is -2.46. The second-order valence-corrected chi connectivity index (χ2v) is 11.4. The van der Waals surface area contributed by atoms with E-state index in [1.165, 1.54) is 0 Å². The molecule has 5 rings (SSSR count). The van der Waals surface area contributed by atoms with E-state index in [1.54, 1.807) is 0 Å². The summed E-state index contributed by atoms with van der Waals surface area (Å²) < 4.78 is 31.6. The van der Waals surface area contributed by atoms with E-state index >= 15 is 0 Å². The van der Waals surface area contributed by atoms with Crippen LogP contribution in [-0.2, 0) is 54.9 Å². The van der Waals surface area contributed by atoms with Crippen LogP contribution in [0.25, 0.3) is 0 Å². The van der Waals surface area contributed by atoms with Gasteiger partial charge in [0.1, 0.15) is 24.9 Å². The van der Waals surface area contributed by atoms with Gasteiger partial charge in [0.25, 0.3) is 0 Å². The van der Waals surface area contributed by atoms with Crippen LogP contribution in [0.1, 0.15) is 42.0 Å². The predicted octanol–water partition coefficient (Wildman–Crippen LogP) is 6.41. The molecule has 0 bridgehead atoms. The lowest BCUT2D eigenvalue weighted by Crippen LogP contribution is -2.59. The fourth-order valence-corrected chi connectivity index (χ4v) is 5.55. The molecule has 236 valence electrons. The molecular formula is C38H42O7. The van der Waals surface area contributed by atoms with Gasteiger partial charge in [-0.1, -0.05) is 121 Å². The van der Waals surface area contributed by atoms with Gasteiger partial charge in [-0.3, -0.25) is 4.79 Å². The summed E-state index contributed by atoms with van der Waals surface area (Å²) in [5, 5.41) is 11.1. The molecule has 0 aliphatic carbocycles. The van der Waals surface area contributed by atoms with E-state index in [2.05, 4.69) is 0 Å². The lowest BCUT2D eigenvalue weighted by molar-refractivity contribution is -0.265. The normalized spacial score (nSPS) is 22.0. The van der Waals surface area contributed by atoms with E-state index in [9.17, 15) is 9.90 Å². The lowest BCUT2D eigenvalue weighted by atomic mass is 9.91. The number of aliphatic hydroxyl groups excluding tert-OH is 1. The maximum absolute atomic E-state index is 12.6. The van der Waals surface area contributed by atoms with Crippen LogP contribution >= 0.6 is 0 Å². The monoisotopic (exact) mass is 610 g/mol. The van der Waals surface area contributed by atoms with E-state index in [0.29, 0.717) is 19.8 Å². The van der Waals surface area contributed by atoms with E-state index in [1.807, 2.05) is 128 Å². The van der Waals surface area contributed by atoms with Crippen molar-refractivity contribution in [3.63, 3.8) is 0 Å². The van der Waals surface area contributed by atoms with Gasteiger partial charge in [-0.05, 0) is 29.2 Å². The highest BCUT2D eigenvalue weighted by Crippen LogP contribution is 2.32. The third-order valence-corrected chi connectivity index (χ3v) is 7.87. The quantitative estimate of drug-likeness (QED) is 0.156. The first-order chi connectivity index (χ1) is 22.0. The fraction of sp³-hybridized carbons (Fsp3) is 0.342. The molecule has 4 aromatic carbocycles. The van der Waals surface area contributed by atoms with Gasteiger partial charge in [0.05, 0.1) is 44.6 Å². The van der Waals surface area contributed by atoms with Crippen LogP contribution < -0.4 is 0 Å². The first kappa shape index (κ1) is 32.5. The van der Waals surface area contributed by atoms with Crippen LogP contribution in [-0.4, -0.2) is 47.7 Å². The molecule has 0 aromatic heterocycles. The minimum atomic E-state index is -0.996. The van der Waals surface area contributed by atoms with Crippen LogP contribution in [0.5, 0.6) is 0 Å². The van der Waals surface area contributed by atoms with Crippen molar-refractivity contribution in [3.05, 3.63) is 144 Å². The zero-order valence-corrected chi connectivity index (χ0v) is 25.7. The Morgan fingerprint density at radius 2 is 1.02 bits per heavy atom. The molecule has 1 fully saturated rings. The Balaban J connectivity index is 1.32. The number of hydrogen-bond acceptors (Lipinski definition) is 7. The van der Waals surface area contributed by atoms with Crippen molar-refractivity contribution >= 4 is 5.97 Å². The van der Waals surface area contributed by atoms with Gasteiger partial charge < -0.3 is 28.8 Å². The molecule has 1 aliphatic heterocycles. The van der Waals surface area contributed by atoms with Gasteiger partial charge >= 0.3 is 5.97 Å². The molecule has 1 saturated heterocycles. The number of carbonyl (C=O) groups excluding carboxylic acids is 1. The second kappa shape index (κ2) is 17.0. The molecule has 1 aliphatic rings. The molecule has 0 amide bonds. The van der Waals surface area contributed by atoms with E-state index in [4.69, 9.17) is 23.7 Å². The third-order valence-electron chi connectivity index (χ3n) is 7.87. The van der Waals surface area contributed by atoms with Gasteiger partial charge in [0.15, 0.2) is 0 Å². The summed E-state index contributed by atoms with van der Waals surface area (Å²) in [6.07, 6.45) is -3.45. The average molecular weight is 611 g/mol. The minimum absolute atomic E-state index is 0.155. The molecule has 4 aromatic rings. The molecule has 7 nitrogen and oxygen atoms in total. The highest BCUT2D eigenvalue weighted by Gasteiger charge is 2.47. The second-order valence-electron chi connectivity index (χ2n) is 11.4. The van der Waals surface area contributed by atoms with Crippen molar-refractivity contribution in [3.8, 4) is 0 Å². The van der Waals surface area contributed by atoms with Crippen molar-refractivity contribution < 1.29 is 33.6 Å². The summed E-state index contributed by atoms with van der Waals surface area (Å²) in [4.78, 5) is 12.6. The number of carbonyl (C=O) groups is 1. The number of esters is 1. The number of rotatable bonds is 15. The maximum Gasteiger partial charge on any atom is 0.308 e. The van der Waals surface area contributed by atoms with E-state index in [-0.39, 0.29) is 25.6 Å². The topological polar surface area (TPSA) is 83.5 Å². The first-order valence-corrected chi connectivity index (χ1v) is 15.5. The molecule has 45 heavy (non-hydrogen) atoms. The average Bonchev–Trinajstić information content (AvgIpc) is 3.07. The van der Waals surface area contributed by atoms with Crippen LogP contribution in [0.3, 0.4) is 0 Å². The number of hydrogen-bond donors (Lipinski definition) is 1. The zero-order valence-electron chi connectivity index (χ0n) is 25.7. The van der Waals surface area contributed by atoms with Crippen molar-refractivity contribution in [2.24, 2.45) is 0 Å². The van der Waals surface area contributed by atoms with Gasteiger partial charge in [-0.2, -0.15) is 0 Å². The third kappa shape index (κ3) is 10.1. The van der Waals surface area contributed by atoms with Crippen LogP contribution in [0.2, 0.25) is 0 Å². The molecule has 1 heterocycles. The summed E-state index contributed by atoms with van der Waals surface area (Å²) in [6, 6.07) is 39.3. The van der Waals surface area contributed by atoms with Gasteiger partial charge in [0, 0.05) is 6.42 Å². The van der Waals surface area contributed by atoms with Crippen molar-refractivity contribution in [1.82, 2.24) is 0 Å². The summed E-state index contributed by atoms with van der Waals surface area (Å²) in [5.74, 6) is -0.474. The Kier molecular flexibility index (Phi) is 12.3. The minimum Gasteiger partial charge on any atom is -0.461 e. The number of ether oxygens (including phenoxy) is 5. The molecule has 0 saturated carbocycles. The van der Waals surface area contributed by atoms with Crippen molar-refractivity contribution in [2.75, 3.05) is 0 Å². The van der Waals surface area contributed by atoms with E-state index in [0.717, 1.165) is 22.3 Å². The molecule has 1 N–H and O–H groups in total. The van der Waals surface area contributed by atoms with Crippen molar-refractivity contribution in [2.45, 2.75) is 82.8 Å². The Labute approximate surface area is 265 Å². The van der Waals surface area contributed by atoms with E-state index < -0.39 is 36.5 Å². The molecule has 7 heteroatoms. The zero-order chi connectivity index (χ0) is 31.3. The molecular weight excluding hydrogens is 568 g/mol. The smallest absolute Gasteiger partial charge is 0.308 e. The van der Waals surface area contributed by atoms with Gasteiger partial charge in [0.2, 0.25) is 0 Å². The summed E-state index contributed by atoms with van der Waals surface area (Å²) in [6.45, 7) is 3.18. The summed E-state index contributed by atoms with van der Waals surface area (Å²) in [5.41, 5.74) is 3.96. The van der Waals surface area contributed by atoms with Crippen LogP contribution in [0, 0.1) is 0 Å². The summed E-state index contributed by atoms with van der Waals surface area (Å²) >= 11 is 0.